The lowest BCUT2D eigenvalue weighted by atomic mass is 10.2. The van der Waals surface area contributed by atoms with Crippen molar-refractivity contribution in [1.29, 1.82) is 5.26 Å². The molecule has 0 amide bonds. The van der Waals surface area contributed by atoms with Crippen LogP contribution in [0.4, 0.5) is 0 Å². The molecule has 0 saturated heterocycles. The molecule has 0 radical (unpaired) electrons. The molecule has 5 nitrogen and oxygen atoms in total. The lowest BCUT2D eigenvalue weighted by Crippen LogP contribution is -2.03. The molecule has 1 heterocycles. The van der Waals surface area contributed by atoms with Crippen molar-refractivity contribution in [3.8, 4) is 17.6 Å². The maximum atomic E-state index is 12.5. The molecule has 0 unspecified atom stereocenters. The van der Waals surface area contributed by atoms with E-state index in [0.717, 1.165) is 0 Å². The average Bonchev–Trinajstić information content (AvgIpc) is 2.54. The fraction of sp³-hybridized carbons (Fsp3) is 0.0667. The van der Waals surface area contributed by atoms with Gasteiger partial charge >= 0.3 is 0 Å². The van der Waals surface area contributed by atoms with Crippen molar-refractivity contribution in [2.75, 3.05) is 0 Å². The van der Waals surface area contributed by atoms with Gasteiger partial charge in [-0.15, -0.1) is 0 Å². The molecule has 0 aliphatic carbocycles. The highest BCUT2D eigenvalue weighted by Gasteiger charge is 2.30. The van der Waals surface area contributed by atoms with Crippen LogP contribution in [-0.2, 0) is 9.84 Å². The van der Waals surface area contributed by atoms with Crippen LogP contribution in [0.2, 0.25) is 0 Å². The smallest absolute Gasteiger partial charge is 0.211 e. The van der Waals surface area contributed by atoms with Crippen molar-refractivity contribution < 1.29 is 17.9 Å². The van der Waals surface area contributed by atoms with Gasteiger partial charge in [0.2, 0.25) is 9.84 Å². The first-order valence-corrected chi connectivity index (χ1v) is 7.11. The van der Waals surface area contributed by atoms with Crippen LogP contribution in [0.3, 0.4) is 0 Å². The Hall–Kier alpha value is -2.65. The monoisotopic (exact) mass is 301 g/mol. The molecule has 6 heteroatoms. The fourth-order valence-corrected chi connectivity index (χ4v) is 3.59. The molecule has 0 spiro atoms. The summed E-state index contributed by atoms with van der Waals surface area (Å²) in [6.07, 6.45) is 0.588. The summed E-state index contributed by atoms with van der Waals surface area (Å²) in [5.41, 5.74) is 0.261. The topological polar surface area (TPSA) is 84.2 Å². The highest BCUT2D eigenvalue weighted by molar-refractivity contribution is 7.91. The van der Waals surface area contributed by atoms with Crippen molar-refractivity contribution in [3.63, 3.8) is 0 Å². The van der Waals surface area contributed by atoms with Gasteiger partial charge < -0.3 is 4.74 Å². The van der Waals surface area contributed by atoms with Crippen LogP contribution >= 0.6 is 0 Å². The number of hydrogen-bond acceptors (Lipinski definition) is 5. The number of aldehydes is 1. The first-order valence-electron chi connectivity index (χ1n) is 5.63. The van der Waals surface area contributed by atoms with Gasteiger partial charge in [-0.05, 0) is 24.3 Å². The largest absolute Gasteiger partial charge is 0.455 e. The minimum Gasteiger partial charge on any atom is -0.455 e. The number of hydrogen-bond donors (Lipinski definition) is 0. The van der Waals surface area contributed by atoms with Crippen LogP contribution in [0.25, 0.3) is 0 Å². The van der Waals surface area contributed by atoms with Crippen LogP contribution in [-0.4, -0.2) is 14.7 Å². The van der Waals surface area contributed by atoms with Gasteiger partial charge in [0, 0.05) is 6.07 Å². The van der Waals surface area contributed by atoms with E-state index in [9.17, 15) is 13.2 Å². The van der Waals surface area contributed by atoms with E-state index in [1.165, 1.54) is 36.4 Å². The molecule has 106 valence electrons. The Bertz CT molecular complexity index is 879. The van der Waals surface area contributed by atoms with Crippen molar-refractivity contribution in [3.05, 3.63) is 47.5 Å². The number of sulfone groups is 1. The molecule has 0 N–H and O–H groups in total. The number of nitrogens with zero attached hydrogens (tertiary/aromatic N) is 1. The molecular weight excluding hydrogens is 290 g/mol. The highest BCUT2D eigenvalue weighted by atomic mass is 32.2. The lowest BCUT2D eigenvalue weighted by molar-refractivity contribution is 0.112. The Labute approximate surface area is 122 Å². The molecule has 2 aromatic rings. The minimum atomic E-state index is -3.85. The second-order valence-corrected chi connectivity index (χ2v) is 6.05. The maximum absolute atomic E-state index is 12.5. The third-order valence-corrected chi connectivity index (χ3v) is 4.84. The number of nitriles is 1. The van der Waals surface area contributed by atoms with E-state index in [1.807, 2.05) is 6.07 Å². The van der Waals surface area contributed by atoms with Crippen LogP contribution in [0.15, 0.2) is 46.2 Å². The first-order chi connectivity index (χ1) is 9.57. The zero-order valence-corrected chi connectivity index (χ0v) is 10.8. The molecule has 0 fully saturated rings. The molecular formula is C15H11NO4S. The number of benzene rings is 2. The quantitative estimate of drug-likeness (QED) is 0.645. The Morgan fingerprint density at radius 1 is 1.14 bits per heavy atom. The number of carbonyl (C=O) groups excluding carboxylic acids is 1. The first kappa shape index (κ1) is 14.8. The Morgan fingerprint density at radius 2 is 1.90 bits per heavy atom. The zero-order valence-electron chi connectivity index (χ0n) is 10.0. The van der Waals surface area contributed by atoms with E-state index in [0.29, 0.717) is 6.29 Å². The van der Waals surface area contributed by atoms with Gasteiger partial charge in [0.15, 0.2) is 6.29 Å². The molecule has 21 heavy (non-hydrogen) atoms. The van der Waals surface area contributed by atoms with E-state index in [4.69, 9.17) is 10.00 Å². The van der Waals surface area contributed by atoms with Crippen LogP contribution in [0.1, 0.15) is 23.3 Å². The van der Waals surface area contributed by atoms with Gasteiger partial charge in [0.25, 0.3) is 0 Å². The summed E-state index contributed by atoms with van der Waals surface area (Å²) in [5.74, 6) is 0.211. The minimum absolute atomic E-state index is 0. The van der Waals surface area contributed by atoms with Crippen molar-refractivity contribution in [2.45, 2.75) is 17.2 Å². The summed E-state index contributed by atoms with van der Waals surface area (Å²) >= 11 is 0. The van der Waals surface area contributed by atoms with Crippen LogP contribution < -0.4 is 4.74 Å². The summed E-state index contributed by atoms with van der Waals surface area (Å²) in [4.78, 5) is 10.8. The predicted octanol–water partition coefficient (Wildman–Crippen LogP) is 2.95. The molecule has 1 aliphatic heterocycles. The number of ether oxygens (including phenoxy) is 1. The molecule has 1 aliphatic rings. The van der Waals surface area contributed by atoms with Gasteiger partial charge in [0.05, 0.1) is 16.0 Å². The standard InChI is InChI=1S/C14H7NO4S.CH4/c15-7-9-2-1-3-12-14(9)20(17,18)11-5-4-10(8-16)13(6-11)19-12;/h1-6,8H;1H4. The average molecular weight is 301 g/mol. The van der Waals surface area contributed by atoms with Gasteiger partial charge in [-0.25, -0.2) is 8.42 Å². The zero-order chi connectivity index (χ0) is 14.3. The number of rotatable bonds is 1. The fourth-order valence-electron chi connectivity index (χ4n) is 2.07. The highest BCUT2D eigenvalue weighted by Crippen LogP contribution is 2.40. The normalized spacial score (nSPS) is 13.7. The van der Waals surface area contributed by atoms with Gasteiger partial charge in [-0.2, -0.15) is 5.26 Å². The van der Waals surface area contributed by atoms with Crippen molar-refractivity contribution in [1.82, 2.24) is 0 Å². The SMILES string of the molecule is C.N#Cc1cccc2c1S(=O)(=O)c1ccc(C=O)c(c1)O2. The Balaban J connectivity index is 0.00000161. The summed E-state index contributed by atoms with van der Waals surface area (Å²) in [5, 5.41) is 9.08. The van der Waals surface area contributed by atoms with E-state index in [1.54, 1.807) is 0 Å². The van der Waals surface area contributed by atoms with Crippen LogP contribution in [0, 0.1) is 11.3 Å². The molecule has 2 aromatic carbocycles. The third kappa shape index (κ3) is 2.08. The lowest BCUT2D eigenvalue weighted by Gasteiger charge is -2.08. The van der Waals surface area contributed by atoms with E-state index < -0.39 is 9.84 Å². The van der Waals surface area contributed by atoms with Crippen molar-refractivity contribution in [2.24, 2.45) is 0 Å². The Morgan fingerprint density at radius 3 is 2.57 bits per heavy atom. The second-order valence-electron chi connectivity index (χ2n) is 4.17. The molecule has 2 bridgehead atoms. The molecule has 0 aromatic heterocycles. The maximum Gasteiger partial charge on any atom is 0.211 e. The summed E-state index contributed by atoms with van der Waals surface area (Å²) in [6, 6.07) is 10.2. The summed E-state index contributed by atoms with van der Waals surface area (Å²) < 4.78 is 30.6. The van der Waals surface area contributed by atoms with Crippen molar-refractivity contribution >= 4 is 16.1 Å². The number of fused-ring (bicyclic) bond motifs is 3. The van der Waals surface area contributed by atoms with E-state index in [-0.39, 0.29) is 39.8 Å². The molecule has 0 saturated carbocycles. The van der Waals surface area contributed by atoms with Gasteiger partial charge in [-0.3, -0.25) is 4.79 Å². The number of carbonyl (C=O) groups is 1. The third-order valence-electron chi connectivity index (χ3n) is 3.01. The predicted molar refractivity (Wildman–Crippen MR) is 75.2 cm³/mol. The molecule has 3 rings (SSSR count). The van der Waals surface area contributed by atoms with Crippen LogP contribution in [0.5, 0.6) is 11.5 Å². The molecule has 0 atom stereocenters. The second kappa shape index (κ2) is 5.04. The van der Waals surface area contributed by atoms with Gasteiger partial charge in [-0.1, -0.05) is 13.5 Å². The Kier molecular flexibility index (Phi) is 3.54. The van der Waals surface area contributed by atoms with E-state index >= 15 is 0 Å². The summed E-state index contributed by atoms with van der Waals surface area (Å²) in [7, 11) is -3.85. The van der Waals surface area contributed by atoms with Gasteiger partial charge in [0.1, 0.15) is 22.5 Å². The summed E-state index contributed by atoms with van der Waals surface area (Å²) in [6.45, 7) is 0. The van der Waals surface area contributed by atoms with E-state index in [2.05, 4.69) is 0 Å².